The minimum Gasteiger partial charge on any atom is -0.145 e. The Morgan fingerprint density at radius 3 is 2.64 bits per heavy atom. The van der Waals surface area contributed by atoms with E-state index in [0.29, 0.717) is 0 Å². The first-order chi connectivity index (χ1) is 5.20. The van der Waals surface area contributed by atoms with Crippen molar-refractivity contribution in [3.8, 4) is 0 Å². The Kier molecular flexibility index (Phi) is 1.82. The maximum atomic E-state index is 5.24. The third kappa shape index (κ3) is 1.06. The van der Waals surface area contributed by atoms with Crippen molar-refractivity contribution in [2.24, 2.45) is 0 Å². The van der Waals surface area contributed by atoms with E-state index in [9.17, 15) is 0 Å². The molecule has 0 saturated carbocycles. The Bertz CT molecular complexity index is 322. The van der Waals surface area contributed by atoms with Crippen LogP contribution in [0.5, 0.6) is 0 Å². The second kappa shape index (κ2) is 2.57. The molecule has 0 aliphatic carbocycles. The largest absolute Gasteiger partial charge is 0.145 e. The molecule has 1 aliphatic heterocycles. The van der Waals surface area contributed by atoms with Crippen molar-refractivity contribution in [1.29, 1.82) is 0 Å². The lowest BCUT2D eigenvalue weighted by molar-refractivity contribution is 1.39. The van der Waals surface area contributed by atoms with Gasteiger partial charge in [-0.3, -0.25) is 0 Å². The van der Waals surface area contributed by atoms with E-state index in [1.807, 2.05) is 11.3 Å². The average Bonchev–Trinajstić information content (AvgIpc) is 2.41. The van der Waals surface area contributed by atoms with E-state index in [0.717, 1.165) is 9.95 Å². The molecule has 2 rings (SSSR count). The number of thiophene rings is 1. The van der Waals surface area contributed by atoms with Crippen molar-refractivity contribution >= 4 is 39.5 Å². The highest BCUT2D eigenvalue weighted by Crippen LogP contribution is 2.39. The summed E-state index contributed by atoms with van der Waals surface area (Å²) in [5.74, 6) is 1.10. The highest BCUT2D eigenvalue weighted by atomic mass is 32.2. The first-order valence-corrected chi connectivity index (χ1v) is 5.67. The Hall–Kier alpha value is 0.140. The molecular weight excluding hydrogens is 192 g/mol. The number of hydrogen-bond acceptors (Lipinski definition) is 3. The lowest BCUT2D eigenvalue weighted by atomic mass is 10.2. The zero-order chi connectivity index (χ0) is 8.01. The maximum Gasteiger partial charge on any atom is 0.0795 e. The van der Waals surface area contributed by atoms with Gasteiger partial charge in [0.1, 0.15) is 0 Å². The molecule has 58 valence electrons. The fourth-order valence-corrected chi connectivity index (χ4v) is 4.20. The predicted octanol–water partition coefficient (Wildman–Crippen LogP) is 3.29. The Morgan fingerprint density at radius 1 is 1.27 bits per heavy atom. The van der Waals surface area contributed by atoms with E-state index in [1.165, 1.54) is 20.9 Å². The molecule has 3 heteroatoms. The number of fused-ring (bicyclic) bond motifs is 1. The smallest absolute Gasteiger partial charge is 0.0795 e. The molecule has 11 heavy (non-hydrogen) atoms. The van der Waals surface area contributed by atoms with Crippen LogP contribution in [-0.4, -0.2) is 4.20 Å². The van der Waals surface area contributed by atoms with E-state index in [4.69, 9.17) is 12.2 Å². The molecule has 0 unspecified atom stereocenters. The van der Waals surface area contributed by atoms with E-state index in [-0.39, 0.29) is 0 Å². The lowest BCUT2D eigenvalue weighted by Gasteiger charge is -1.89. The number of aryl methyl sites for hydroxylation is 2. The summed E-state index contributed by atoms with van der Waals surface area (Å²) in [5.41, 5.74) is 2.86. The van der Waals surface area contributed by atoms with Crippen LogP contribution in [0.25, 0.3) is 0 Å². The third-order valence-electron chi connectivity index (χ3n) is 1.94. The number of rotatable bonds is 0. The standard InChI is InChI=1S/C8H8S3/c1-4-6-3-10-8(9)7(6)5(2)11-4/h3H2,1-2H3. The maximum absolute atomic E-state index is 5.24. The molecule has 1 aromatic rings. The normalized spacial score (nSPS) is 15.6. The van der Waals surface area contributed by atoms with Gasteiger partial charge in [-0.25, -0.2) is 0 Å². The van der Waals surface area contributed by atoms with E-state index >= 15 is 0 Å². The van der Waals surface area contributed by atoms with Crippen molar-refractivity contribution in [2.45, 2.75) is 19.6 Å². The second-order valence-electron chi connectivity index (χ2n) is 2.64. The molecule has 0 spiro atoms. The number of thioether (sulfide) groups is 1. The Balaban J connectivity index is 2.69. The molecule has 0 bridgehead atoms. The van der Waals surface area contributed by atoms with Crippen LogP contribution < -0.4 is 0 Å². The van der Waals surface area contributed by atoms with Crippen LogP contribution in [0.1, 0.15) is 20.9 Å². The molecule has 1 aromatic heterocycles. The molecule has 2 heterocycles. The lowest BCUT2D eigenvalue weighted by Crippen LogP contribution is -1.84. The van der Waals surface area contributed by atoms with Crippen LogP contribution >= 0.6 is 35.3 Å². The SMILES string of the molecule is Cc1sc(C)c2c1CSC2=S. The summed E-state index contributed by atoms with van der Waals surface area (Å²) >= 11 is 8.92. The topological polar surface area (TPSA) is 0 Å². The summed E-state index contributed by atoms with van der Waals surface area (Å²) in [6.45, 7) is 4.35. The monoisotopic (exact) mass is 200 g/mol. The highest BCUT2D eigenvalue weighted by Gasteiger charge is 2.22. The molecule has 0 saturated heterocycles. The third-order valence-corrected chi connectivity index (χ3v) is 4.46. The Morgan fingerprint density at radius 2 is 2.00 bits per heavy atom. The van der Waals surface area contributed by atoms with Gasteiger partial charge in [0.2, 0.25) is 0 Å². The molecule has 0 amide bonds. The summed E-state index contributed by atoms with van der Waals surface area (Å²) in [6, 6.07) is 0. The van der Waals surface area contributed by atoms with Gasteiger partial charge in [0.05, 0.1) is 4.20 Å². The molecule has 1 aliphatic rings. The first-order valence-electron chi connectivity index (χ1n) is 3.46. The summed E-state index contributed by atoms with van der Waals surface area (Å²) in [5, 5.41) is 0. The van der Waals surface area contributed by atoms with Crippen LogP contribution in [0.4, 0.5) is 0 Å². The fraction of sp³-hybridized carbons (Fsp3) is 0.375. The van der Waals surface area contributed by atoms with Crippen molar-refractivity contribution in [3.63, 3.8) is 0 Å². The summed E-state index contributed by atoms with van der Waals surface area (Å²) in [7, 11) is 0. The highest BCUT2D eigenvalue weighted by molar-refractivity contribution is 8.23. The van der Waals surface area contributed by atoms with Crippen LogP contribution in [0.2, 0.25) is 0 Å². The van der Waals surface area contributed by atoms with Gasteiger partial charge < -0.3 is 0 Å². The van der Waals surface area contributed by atoms with E-state index in [2.05, 4.69) is 13.8 Å². The number of hydrogen-bond donors (Lipinski definition) is 0. The van der Waals surface area contributed by atoms with Gasteiger partial charge >= 0.3 is 0 Å². The van der Waals surface area contributed by atoms with Gasteiger partial charge in [0.25, 0.3) is 0 Å². The minimum atomic E-state index is 1.10. The molecule has 0 aromatic carbocycles. The van der Waals surface area contributed by atoms with Gasteiger partial charge in [-0.05, 0) is 19.4 Å². The summed E-state index contributed by atoms with van der Waals surface area (Å²) < 4.78 is 1.10. The quantitative estimate of drug-likeness (QED) is 0.589. The molecule has 0 radical (unpaired) electrons. The molecular formula is C8H8S3. The zero-order valence-electron chi connectivity index (χ0n) is 6.43. The van der Waals surface area contributed by atoms with Crippen LogP contribution in [0.3, 0.4) is 0 Å². The molecule has 0 N–H and O–H groups in total. The number of thiocarbonyl (C=S) groups is 1. The predicted molar refractivity (Wildman–Crippen MR) is 56.8 cm³/mol. The summed E-state index contributed by atoms with van der Waals surface area (Å²) in [6.07, 6.45) is 0. The van der Waals surface area contributed by atoms with E-state index < -0.39 is 0 Å². The van der Waals surface area contributed by atoms with Gasteiger partial charge in [0, 0.05) is 21.1 Å². The first kappa shape index (κ1) is 7.77. The van der Waals surface area contributed by atoms with Crippen molar-refractivity contribution in [2.75, 3.05) is 0 Å². The van der Waals surface area contributed by atoms with Crippen molar-refractivity contribution in [1.82, 2.24) is 0 Å². The molecule has 0 atom stereocenters. The fourth-order valence-electron chi connectivity index (χ4n) is 1.38. The molecule has 0 fully saturated rings. The van der Waals surface area contributed by atoms with E-state index in [1.54, 1.807) is 11.8 Å². The van der Waals surface area contributed by atoms with Gasteiger partial charge in [-0.1, -0.05) is 12.2 Å². The van der Waals surface area contributed by atoms with Gasteiger partial charge in [-0.2, -0.15) is 0 Å². The van der Waals surface area contributed by atoms with Crippen LogP contribution in [-0.2, 0) is 5.75 Å². The van der Waals surface area contributed by atoms with Gasteiger partial charge in [0.15, 0.2) is 0 Å². The average molecular weight is 200 g/mol. The van der Waals surface area contributed by atoms with Crippen molar-refractivity contribution in [3.05, 3.63) is 20.9 Å². The van der Waals surface area contributed by atoms with Crippen LogP contribution in [0.15, 0.2) is 0 Å². The second-order valence-corrected chi connectivity index (χ2v) is 5.73. The molecule has 0 nitrogen and oxygen atoms in total. The van der Waals surface area contributed by atoms with Crippen LogP contribution in [0, 0.1) is 13.8 Å². The minimum absolute atomic E-state index is 1.10. The summed E-state index contributed by atoms with van der Waals surface area (Å²) in [4.78, 5) is 2.84. The Labute approximate surface area is 80.0 Å². The van der Waals surface area contributed by atoms with Crippen molar-refractivity contribution < 1.29 is 0 Å². The zero-order valence-corrected chi connectivity index (χ0v) is 8.88. The van der Waals surface area contributed by atoms with Gasteiger partial charge in [-0.15, -0.1) is 23.1 Å².